The molecule has 0 aliphatic carbocycles. The molecule has 7 heteroatoms. The Labute approximate surface area is 107 Å². The number of carbonyl (C=O) groups excluding carboxylic acids is 1. The SMILES string of the molecule is CCN(CC)C(=O)ONS(=O)(=O)c1ccccc1. The van der Waals surface area contributed by atoms with E-state index in [-0.39, 0.29) is 4.90 Å². The number of rotatable bonds is 5. The van der Waals surface area contributed by atoms with Gasteiger partial charge in [-0.25, -0.2) is 13.2 Å². The first-order chi connectivity index (χ1) is 8.51. The summed E-state index contributed by atoms with van der Waals surface area (Å²) in [5, 5.41) is 0. The Balaban J connectivity index is 2.66. The molecule has 1 amide bonds. The van der Waals surface area contributed by atoms with Gasteiger partial charge >= 0.3 is 6.09 Å². The molecule has 0 bridgehead atoms. The number of nitrogens with zero attached hydrogens (tertiary/aromatic N) is 1. The molecular formula is C11H16N2O4S. The van der Waals surface area contributed by atoms with Gasteiger partial charge in [-0.1, -0.05) is 18.2 Å². The number of hydrogen-bond donors (Lipinski definition) is 1. The second kappa shape index (κ2) is 6.36. The fourth-order valence-electron chi connectivity index (χ4n) is 1.28. The minimum Gasteiger partial charge on any atom is -0.338 e. The summed E-state index contributed by atoms with van der Waals surface area (Å²) in [6.45, 7) is 4.44. The van der Waals surface area contributed by atoms with Crippen LogP contribution in [0.4, 0.5) is 4.79 Å². The third-order valence-electron chi connectivity index (χ3n) is 2.31. The van der Waals surface area contributed by atoms with E-state index in [1.165, 1.54) is 17.0 Å². The standard InChI is InChI=1S/C11H16N2O4S/c1-3-13(4-2)11(14)17-12-18(15,16)10-8-6-5-7-9-10/h5-9,12H,3-4H2,1-2H3. The highest BCUT2D eigenvalue weighted by molar-refractivity contribution is 7.89. The third kappa shape index (κ3) is 3.71. The molecule has 0 atom stereocenters. The van der Waals surface area contributed by atoms with Crippen molar-refractivity contribution in [3.05, 3.63) is 30.3 Å². The zero-order chi connectivity index (χ0) is 13.6. The van der Waals surface area contributed by atoms with Gasteiger partial charge in [0.15, 0.2) is 0 Å². The first-order valence-corrected chi connectivity index (χ1v) is 7.02. The maximum absolute atomic E-state index is 11.7. The van der Waals surface area contributed by atoms with E-state index >= 15 is 0 Å². The second-order valence-electron chi connectivity index (χ2n) is 3.44. The summed E-state index contributed by atoms with van der Waals surface area (Å²) >= 11 is 0. The quantitative estimate of drug-likeness (QED) is 0.821. The topological polar surface area (TPSA) is 75.7 Å². The van der Waals surface area contributed by atoms with E-state index in [2.05, 4.69) is 4.84 Å². The predicted octanol–water partition coefficient (Wildman–Crippen LogP) is 1.36. The van der Waals surface area contributed by atoms with E-state index in [4.69, 9.17) is 0 Å². The molecule has 100 valence electrons. The summed E-state index contributed by atoms with van der Waals surface area (Å²) in [7, 11) is -3.83. The van der Waals surface area contributed by atoms with Crippen molar-refractivity contribution in [2.24, 2.45) is 0 Å². The van der Waals surface area contributed by atoms with Gasteiger partial charge in [0.05, 0.1) is 4.90 Å². The van der Waals surface area contributed by atoms with E-state index in [9.17, 15) is 13.2 Å². The van der Waals surface area contributed by atoms with Gasteiger partial charge in [0, 0.05) is 13.1 Å². The first kappa shape index (κ1) is 14.5. The number of sulfonamides is 1. The molecule has 18 heavy (non-hydrogen) atoms. The summed E-state index contributed by atoms with van der Waals surface area (Å²) in [4.78, 5) is 19.2. The summed E-state index contributed by atoms with van der Waals surface area (Å²) in [6, 6.07) is 7.68. The van der Waals surface area contributed by atoms with Gasteiger partial charge in [-0.15, -0.1) is 0 Å². The number of benzene rings is 1. The second-order valence-corrected chi connectivity index (χ2v) is 5.09. The Morgan fingerprint density at radius 1 is 1.22 bits per heavy atom. The van der Waals surface area contributed by atoms with Crippen molar-refractivity contribution in [2.45, 2.75) is 18.7 Å². The van der Waals surface area contributed by atoms with Crippen LogP contribution in [0.5, 0.6) is 0 Å². The molecule has 0 aromatic heterocycles. The zero-order valence-corrected chi connectivity index (χ0v) is 11.1. The largest absolute Gasteiger partial charge is 0.429 e. The van der Waals surface area contributed by atoms with Gasteiger partial charge in [-0.2, -0.15) is 0 Å². The Bertz CT molecular complexity index is 483. The molecule has 1 N–H and O–H groups in total. The molecule has 0 aliphatic rings. The fourth-order valence-corrected chi connectivity index (χ4v) is 2.08. The minimum atomic E-state index is -3.83. The zero-order valence-electron chi connectivity index (χ0n) is 10.3. The lowest BCUT2D eigenvalue weighted by Gasteiger charge is -2.17. The van der Waals surface area contributed by atoms with Crippen LogP contribution in [-0.2, 0) is 14.9 Å². The maximum Gasteiger partial charge on any atom is 0.429 e. The Morgan fingerprint density at radius 2 is 1.78 bits per heavy atom. The Hall–Kier alpha value is -1.60. The molecule has 0 fully saturated rings. The van der Waals surface area contributed by atoms with Gasteiger partial charge in [-0.05, 0) is 30.9 Å². The van der Waals surface area contributed by atoms with E-state index in [1.54, 1.807) is 36.9 Å². The first-order valence-electron chi connectivity index (χ1n) is 5.53. The number of amides is 1. The summed E-state index contributed by atoms with van der Waals surface area (Å²) in [6.07, 6.45) is -0.723. The van der Waals surface area contributed by atoms with Crippen molar-refractivity contribution in [1.82, 2.24) is 9.79 Å². The van der Waals surface area contributed by atoms with Gasteiger partial charge in [0.1, 0.15) is 0 Å². The van der Waals surface area contributed by atoms with E-state index in [1.807, 2.05) is 0 Å². The van der Waals surface area contributed by atoms with Crippen LogP contribution < -0.4 is 4.89 Å². The van der Waals surface area contributed by atoms with Crippen molar-refractivity contribution < 1.29 is 18.0 Å². The summed E-state index contributed by atoms with van der Waals surface area (Å²) in [5.74, 6) is 0. The van der Waals surface area contributed by atoms with Gasteiger partial charge < -0.3 is 9.74 Å². The smallest absolute Gasteiger partial charge is 0.338 e. The van der Waals surface area contributed by atoms with Crippen molar-refractivity contribution in [1.29, 1.82) is 0 Å². The van der Waals surface area contributed by atoms with E-state index < -0.39 is 16.1 Å². The van der Waals surface area contributed by atoms with Crippen LogP contribution in [0, 0.1) is 0 Å². The van der Waals surface area contributed by atoms with Crippen LogP contribution >= 0.6 is 0 Å². The number of nitrogens with one attached hydrogen (secondary N) is 1. The van der Waals surface area contributed by atoms with Crippen LogP contribution in [0.25, 0.3) is 0 Å². The van der Waals surface area contributed by atoms with Crippen LogP contribution in [0.3, 0.4) is 0 Å². The fraction of sp³-hybridized carbons (Fsp3) is 0.364. The summed E-state index contributed by atoms with van der Waals surface area (Å²) in [5.41, 5.74) is 0. The third-order valence-corrected chi connectivity index (χ3v) is 3.51. The minimum absolute atomic E-state index is 0.0392. The van der Waals surface area contributed by atoms with Gasteiger partial charge in [0.2, 0.25) is 0 Å². The molecule has 0 aliphatic heterocycles. The van der Waals surface area contributed by atoms with Crippen LogP contribution in [0.1, 0.15) is 13.8 Å². The van der Waals surface area contributed by atoms with Crippen molar-refractivity contribution in [3.8, 4) is 0 Å². The average Bonchev–Trinajstić information content (AvgIpc) is 2.39. The molecule has 1 aromatic rings. The lowest BCUT2D eigenvalue weighted by molar-refractivity contribution is 0.0869. The molecule has 6 nitrogen and oxygen atoms in total. The molecule has 0 saturated heterocycles. The molecule has 0 radical (unpaired) electrons. The normalized spacial score (nSPS) is 11.0. The van der Waals surface area contributed by atoms with E-state index in [0.29, 0.717) is 13.1 Å². The molecule has 0 heterocycles. The van der Waals surface area contributed by atoms with Crippen molar-refractivity contribution in [2.75, 3.05) is 13.1 Å². The lowest BCUT2D eigenvalue weighted by Crippen LogP contribution is -2.37. The monoisotopic (exact) mass is 272 g/mol. The highest BCUT2D eigenvalue weighted by atomic mass is 32.2. The maximum atomic E-state index is 11.7. The van der Waals surface area contributed by atoms with Crippen LogP contribution in [-0.4, -0.2) is 32.5 Å². The van der Waals surface area contributed by atoms with Gasteiger partial charge in [0.25, 0.3) is 10.0 Å². The number of carbonyl (C=O) groups is 1. The molecule has 0 saturated carbocycles. The lowest BCUT2D eigenvalue weighted by atomic mass is 10.4. The van der Waals surface area contributed by atoms with Crippen molar-refractivity contribution in [3.63, 3.8) is 0 Å². The van der Waals surface area contributed by atoms with Crippen LogP contribution in [0.2, 0.25) is 0 Å². The van der Waals surface area contributed by atoms with Crippen molar-refractivity contribution >= 4 is 16.1 Å². The molecule has 1 rings (SSSR count). The average molecular weight is 272 g/mol. The van der Waals surface area contributed by atoms with E-state index in [0.717, 1.165) is 0 Å². The van der Waals surface area contributed by atoms with Gasteiger partial charge in [-0.3, -0.25) is 0 Å². The van der Waals surface area contributed by atoms with Crippen LogP contribution in [0.15, 0.2) is 35.2 Å². The summed E-state index contributed by atoms with van der Waals surface area (Å²) < 4.78 is 23.5. The molecule has 1 aromatic carbocycles. The Kier molecular flexibility index (Phi) is 5.11. The predicted molar refractivity (Wildman–Crippen MR) is 66.2 cm³/mol. The highest BCUT2D eigenvalue weighted by Gasteiger charge is 2.18. The Morgan fingerprint density at radius 3 is 2.28 bits per heavy atom. The molecule has 0 unspecified atom stereocenters. The molecular weight excluding hydrogens is 256 g/mol. The molecule has 0 spiro atoms. The highest BCUT2D eigenvalue weighted by Crippen LogP contribution is 2.07. The number of hydrogen-bond acceptors (Lipinski definition) is 4.